The van der Waals surface area contributed by atoms with Crippen LogP contribution in [0.2, 0.25) is 0 Å². The van der Waals surface area contributed by atoms with Crippen LogP contribution in [0.1, 0.15) is 11.1 Å². The highest BCUT2D eigenvalue weighted by Gasteiger charge is 2.16. The molecule has 0 aliphatic heterocycles. The van der Waals surface area contributed by atoms with Gasteiger partial charge in [-0.05, 0) is 46.9 Å². The number of nitrogen functional groups attached to an aromatic ring is 1. The van der Waals surface area contributed by atoms with E-state index in [1.807, 2.05) is 12.1 Å². The molecule has 67 valence electrons. The molecule has 0 saturated carbocycles. The molecule has 1 radical (unpaired) electrons. The molecule has 1 aliphatic carbocycles. The molecule has 1 aliphatic rings. The van der Waals surface area contributed by atoms with Crippen molar-refractivity contribution >= 4 is 5.69 Å². The summed E-state index contributed by atoms with van der Waals surface area (Å²) in [6.07, 6.45) is 0.993. The Morgan fingerprint density at radius 1 is 1.07 bits per heavy atom. The van der Waals surface area contributed by atoms with E-state index in [0.717, 1.165) is 12.1 Å². The van der Waals surface area contributed by atoms with Gasteiger partial charge in [0.2, 0.25) is 0 Å². The summed E-state index contributed by atoms with van der Waals surface area (Å²) in [5.74, 6) is 0. The van der Waals surface area contributed by atoms with Gasteiger partial charge in [-0.1, -0.05) is 24.3 Å². The second-order valence-electron chi connectivity index (χ2n) is 3.68. The first-order valence-corrected chi connectivity index (χ1v) is 4.72. The van der Waals surface area contributed by atoms with Crippen LogP contribution in [0.5, 0.6) is 0 Å². The van der Waals surface area contributed by atoms with E-state index in [4.69, 9.17) is 5.73 Å². The molecular weight excluding hydrogens is 170 g/mol. The summed E-state index contributed by atoms with van der Waals surface area (Å²) >= 11 is 0. The van der Waals surface area contributed by atoms with Gasteiger partial charge in [0.25, 0.3) is 0 Å². The minimum atomic E-state index is 0.848. The van der Waals surface area contributed by atoms with Crippen molar-refractivity contribution in [2.45, 2.75) is 6.42 Å². The standard InChI is InChI=1S/C13H10N/c14-11-5-6-13-10(8-11)7-9-3-1-2-4-12(9)13/h2-6,8H,7,14H2. The predicted molar refractivity (Wildman–Crippen MR) is 57.9 cm³/mol. The Hall–Kier alpha value is -1.76. The van der Waals surface area contributed by atoms with Crippen LogP contribution < -0.4 is 5.73 Å². The van der Waals surface area contributed by atoms with Gasteiger partial charge in [0.1, 0.15) is 0 Å². The van der Waals surface area contributed by atoms with Crippen LogP contribution in [-0.4, -0.2) is 0 Å². The van der Waals surface area contributed by atoms with Gasteiger partial charge in [0.05, 0.1) is 0 Å². The first kappa shape index (κ1) is 7.63. The summed E-state index contributed by atoms with van der Waals surface area (Å²) in [7, 11) is 0. The third kappa shape index (κ3) is 0.956. The van der Waals surface area contributed by atoms with E-state index in [1.165, 1.54) is 22.3 Å². The fraction of sp³-hybridized carbons (Fsp3) is 0.0769. The van der Waals surface area contributed by atoms with E-state index in [9.17, 15) is 0 Å². The molecule has 0 fully saturated rings. The van der Waals surface area contributed by atoms with Crippen molar-refractivity contribution in [2.75, 3.05) is 5.73 Å². The van der Waals surface area contributed by atoms with E-state index in [2.05, 4.69) is 30.3 Å². The summed E-state index contributed by atoms with van der Waals surface area (Å²) in [6, 6.07) is 15.4. The summed E-state index contributed by atoms with van der Waals surface area (Å²) < 4.78 is 0. The maximum absolute atomic E-state index is 5.76. The van der Waals surface area contributed by atoms with E-state index in [0.29, 0.717) is 0 Å². The summed E-state index contributed by atoms with van der Waals surface area (Å²) in [6.45, 7) is 0. The van der Waals surface area contributed by atoms with E-state index >= 15 is 0 Å². The molecule has 1 nitrogen and oxygen atoms in total. The molecule has 0 aromatic heterocycles. The monoisotopic (exact) mass is 180 g/mol. The molecule has 0 spiro atoms. The Bertz CT molecular complexity index is 500. The van der Waals surface area contributed by atoms with Crippen LogP contribution in [0.15, 0.2) is 36.4 Å². The van der Waals surface area contributed by atoms with Gasteiger partial charge in [-0.3, -0.25) is 0 Å². The lowest BCUT2D eigenvalue weighted by Crippen LogP contribution is -1.86. The molecular formula is C13H10N. The lowest BCUT2D eigenvalue weighted by atomic mass is 10.1. The maximum atomic E-state index is 5.76. The fourth-order valence-corrected chi connectivity index (χ4v) is 2.10. The van der Waals surface area contributed by atoms with Gasteiger partial charge in [0.15, 0.2) is 0 Å². The Labute approximate surface area is 83.2 Å². The highest BCUT2D eigenvalue weighted by atomic mass is 14.5. The second-order valence-corrected chi connectivity index (χ2v) is 3.68. The van der Waals surface area contributed by atoms with Crippen LogP contribution in [0.4, 0.5) is 5.69 Å². The van der Waals surface area contributed by atoms with Crippen molar-refractivity contribution < 1.29 is 0 Å². The third-order valence-corrected chi connectivity index (χ3v) is 2.75. The Morgan fingerprint density at radius 3 is 2.86 bits per heavy atom. The normalized spacial score (nSPS) is 12.3. The van der Waals surface area contributed by atoms with Gasteiger partial charge < -0.3 is 5.73 Å². The van der Waals surface area contributed by atoms with Crippen LogP contribution in [-0.2, 0) is 6.42 Å². The van der Waals surface area contributed by atoms with Crippen LogP contribution >= 0.6 is 0 Å². The summed E-state index contributed by atoms with van der Waals surface area (Å²) in [5, 5.41) is 0. The molecule has 0 saturated heterocycles. The number of hydrogen-bond acceptors (Lipinski definition) is 1. The Morgan fingerprint density at radius 2 is 1.93 bits per heavy atom. The van der Waals surface area contributed by atoms with Gasteiger partial charge in [-0.15, -0.1) is 0 Å². The fourth-order valence-electron chi connectivity index (χ4n) is 2.10. The molecule has 0 bridgehead atoms. The molecule has 3 rings (SSSR count). The zero-order chi connectivity index (χ0) is 9.54. The molecule has 0 amide bonds. The maximum Gasteiger partial charge on any atom is 0.0317 e. The summed E-state index contributed by atoms with van der Waals surface area (Å²) in [5.41, 5.74) is 11.9. The van der Waals surface area contributed by atoms with Crippen molar-refractivity contribution in [3.05, 3.63) is 53.6 Å². The second kappa shape index (κ2) is 2.61. The molecule has 0 heterocycles. The van der Waals surface area contributed by atoms with Crippen LogP contribution in [0, 0.1) is 6.07 Å². The van der Waals surface area contributed by atoms with Crippen molar-refractivity contribution in [3.8, 4) is 11.1 Å². The summed E-state index contributed by atoms with van der Waals surface area (Å²) in [4.78, 5) is 0. The minimum absolute atomic E-state index is 0.848. The third-order valence-electron chi connectivity index (χ3n) is 2.75. The number of anilines is 1. The molecule has 2 aromatic rings. The molecule has 1 heteroatoms. The van der Waals surface area contributed by atoms with Crippen molar-refractivity contribution in [3.63, 3.8) is 0 Å². The topological polar surface area (TPSA) is 26.0 Å². The van der Waals surface area contributed by atoms with E-state index in [1.54, 1.807) is 0 Å². The molecule has 2 N–H and O–H groups in total. The molecule has 0 unspecified atom stereocenters. The first-order chi connectivity index (χ1) is 6.84. The van der Waals surface area contributed by atoms with Gasteiger partial charge in [0, 0.05) is 5.69 Å². The number of hydrogen-bond donors (Lipinski definition) is 1. The van der Waals surface area contributed by atoms with Gasteiger partial charge >= 0.3 is 0 Å². The average molecular weight is 180 g/mol. The first-order valence-electron chi connectivity index (χ1n) is 4.72. The number of nitrogens with two attached hydrogens (primary N) is 1. The molecule has 2 aromatic carbocycles. The minimum Gasteiger partial charge on any atom is -0.399 e. The molecule has 14 heavy (non-hydrogen) atoms. The van der Waals surface area contributed by atoms with E-state index < -0.39 is 0 Å². The SMILES string of the molecule is Nc1ccc2c(c1)Cc1c[c]ccc1-2. The van der Waals surface area contributed by atoms with E-state index in [-0.39, 0.29) is 0 Å². The predicted octanol–water partition coefficient (Wildman–Crippen LogP) is 2.64. The van der Waals surface area contributed by atoms with Crippen LogP contribution in [0.3, 0.4) is 0 Å². The van der Waals surface area contributed by atoms with Crippen LogP contribution in [0.25, 0.3) is 11.1 Å². The highest BCUT2D eigenvalue weighted by molar-refractivity contribution is 5.78. The van der Waals surface area contributed by atoms with Crippen molar-refractivity contribution in [1.29, 1.82) is 0 Å². The smallest absolute Gasteiger partial charge is 0.0317 e. The van der Waals surface area contributed by atoms with Gasteiger partial charge in [-0.2, -0.15) is 0 Å². The average Bonchev–Trinajstić information content (AvgIpc) is 2.54. The number of benzene rings is 2. The Balaban J connectivity index is 2.27. The zero-order valence-electron chi connectivity index (χ0n) is 7.75. The van der Waals surface area contributed by atoms with Crippen molar-refractivity contribution in [1.82, 2.24) is 0 Å². The number of fused-ring (bicyclic) bond motifs is 3. The number of rotatable bonds is 0. The molecule has 0 atom stereocenters. The lowest BCUT2D eigenvalue weighted by Gasteiger charge is -2.00. The Kier molecular flexibility index (Phi) is 1.42. The quantitative estimate of drug-likeness (QED) is 0.529. The largest absolute Gasteiger partial charge is 0.399 e. The lowest BCUT2D eigenvalue weighted by molar-refractivity contribution is 1.26. The zero-order valence-corrected chi connectivity index (χ0v) is 7.75. The van der Waals surface area contributed by atoms with Crippen molar-refractivity contribution in [2.24, 2.45) is 0 Å². The highest BCUT2D eigenvalue weighted by Crippen LogP contribution is 2.36. The van der Waals surface area contributed by atoms with Gasteiger partial charge in [-0.25, -0.2) is 0 Å².